The zero-order valence-electron chi connectivity index (χ0n) is 14.2. The predicted molar refractivity (Wildman–Crippen MR) is 98.9 cm³/mol. The van der Waals surface area contributed by atoms with Crippen molar-refractivity contribution in [2.24, 2.45) is 0 Å². The number of rotatable bonds is 5. The van der Waals surface area contributed by atoms with Crippen LogP contribution in [0.4, 0.5) is 9.18 Å². The van der Waals surface area contributed by atoms with E-state index in [1.165, 1.54) is 24.3 Å². The third kappa shape index (κ3) is 4.95. The van der Waals surface area contributed by atoms with Gasteiger partial charge in [-0.15, -0.1) is 0 Å². The van der Waals surface area contributed by atoms with E-state index in [4.69, 9.17) is 0 Å². The Morgan fingerprint density at radius 1 is 1.37 bits per heavy atom. The molecule has 2 aliphatic rings. The van der Waals surface area contributed by atoms with Crippen LogP contribution in [0.15, 0.2) is 29.2 Å². The van der Waals surface area contributed by atoms with Crippen LogP contribution in [0.3, 0.4) is 0 Å². The second kappa shape index (κ2) is 7.81. The SMILES string of the molecule is O=C(CCN1C(=O)SC(=Cc2cccc(F)c2)C1=O)NC1CCS(=O)(=O)C1. The molecule has 2 aliphatic heterocycles. The van der Waals surface area contributed by atoms with Gasteiger partial charge in [-0.3, -0.25) is 19.3 Å². The van der Waals surface area contributed by atoms with Crippen LogP contribution < -0.4 is 5.32 Å². The number of hydrogen-bond donors (Lipinski definition) is 1. The van der Waals surface area contributed by atoms with Crippen LogP contribution in [-0.2, 0) is 19.4 Å². The molecule has 0 bridgehead atoms. The molecule has 7 nitrogen and oxygen atoms in total. The second-order valence-electron chi connectivity index (χ2n) is 6.31. The van der Waals surface area contributed by atoms with Crippen molar-refractivity contribution in [3.63, 3.8) is 0 Å². The predicted octanol–water partition coefficient (Wildman–Crippen LogP) is 1.56. The molecule has 144 valence electrons. The first-order chi connectivity index (χ1) is 12.7. The number of amides is 3. The summed E-state index contributed by atoms with van der Waals surface area (Å²) in [5.41, 5.74) is 0.459. The Bertz CT molecular complexity index is 929. The minimum atomic E-state index is -3.10. The van der Waals surface area contributed by atoms with Gasteiger partial charge in [0.2, 0.25) is 5.91 Å². The number of halogens is 1. The Hall–Kier alpha value is -2.20. The van der Waals surface area contributed by atoms with Crippen LogP contribution in [-0.4, -0.2) is 54.5 Å². The van der Waals surface area contributed by atoms with Crippen molar-refractivity contribution in [1.29, 1.82) is 0 Å². The highest BCUT2D eigenvalue weighted by atomic mass is 32.2. The third-order valence-electron chi connectivity index (χ3n) is 4.18. The molecule has 2 saturated heterocycles. The summed E-state index contributed by atoms with van der Waals surface area (Å²) < 4.78 is 36.0. The normalized spacial score (nSPS) is 23.2. The van der Waals surface area contributed by atoms with Crippen molar-refractivity contribution in [1.82, 2.24) is 10.2 Å². The summed E-state index contributed by atoms with van der Waals surface area (Å²) in [4.78, 5) is 37.5. The molecule has 1 N–H and O–H groups in total. The molecule has 0 radical (unpaired) electrons. The zero-order valence-corrected chi connectivity index (χ0v) is 15.8. The van der Waals surface area contributed by atoms with Crippen LogP contribution in [0.5, 0.6) is 0 Å². The number of benzene rings is 1. The summed E-state index contributed by atoms with van der Waals surface area (Å²) >= 11 is 0.732. The van der Waals surface area contributed by atoms with E-state index in [0.29, 0.717) is 12.0 Å². The van der Waals surface area contributed by atoms with Gasteiger partial charge in [-0.2, -0.15) is 0 Å². The van der Waals surface area contributed by atoms with E-state index in [1.54, 1.807) is 6.07 Å². The summed E-state index contributed by atoms with van der Waals surface area (Å²) in [6.45, 7) is -0.101. The van der Waals surface area contributed by atoms with E-state index in [0.717, 1.165) is 16.7 Å². The number of carbonyl (C=O) groups is 3. The standard InChI is InChI=1S/C17H17FN2O5S2/c18-12-3-1-2-11(8-12)9-14-16(22)20(17(23)26-14)6-4-15(21)19-13-5-7-27(24,25)10-13/h1-3,8-9,13H,4-7,10H2,(H,19,21). The number of thioether (sulfide) groups is 1. The van der Waals surface area contributed by atoms with Crippen LogP contribution in [0.25, 0.3) is 6.08 Å². The van der Waals surface area contributed by atoms with E-state index in [-0.39, 0.29) is 29.4 Å². The van der Waals surface area contributed by atoms with Gasteiger partial charge >= 0.3 is 0 Å². The Balaban J connectivity index is 1.57. The second-order valence-corrected chi connectivity index (χ2v) is 9.53. The van der Waals surface area contributed by atoms with E-state index in [1.807, 2.05) is 0 Å². The topological polar surface area (TPSA) is 101 Å². The van der Waals surface area contributed by atoms with Crippen molar-refractivity contribution in [3.8, 4) is 0 Å². The maximum absolute atomic E-state index is 13.2. The van der Waals surface area contributed by atoms with Crippen molar-refractivity contribution in [2.75, 3.05) is 18.1 Å². The molecule has 1 aromatic carbocycles. The fraction of sp³-hybridized carbons (Fsp3) is 0.353. The van der Waals surface area contributed by atoms with Gasteiger partial charge in [-0.25, -0.2) is 12.8 Å². The summed E-state index contributed by atoms with van der Waals surface area (Å²) in [5, 5.41) is 2.11. The van der Waals surface area contributed by atoms with Gasteiger partial charge in [0, 0.05) is 19.0 Å². The number of nitrogens with zero attached hydrogens (tertiary/aromatic N) is 1. The van der Waals surface area contributed by atoms with E-state index in [2.05, 4.69) is 5.32 Å². The van der Waals surface area contributed by atoms with E-state index < -0.39 is 38.7 Å². The van der Waals surface area contributed by atoms with Crippen molar-refractivity contribution in [3.05, 3.63) is 40.6 Å². The highest BCUT2D eigenvalue weighted by Gasteiger charge is 2.35. The van der Waals surface area contributed by atoms with Crippen LogP contribution >= 0.6 is 11.8 Å². The number of sulfone groups is 1. The van der Waals surface area contributed by atoms with Gasteiger partial charge < -0.3 is 5.32 Å². The minimum Gasteiger partial charge on any atom is -0.352 e. The molecule has 3 rings (SSSR count). The van der Waals surface area contributed by atoms with E-state index >= 15 is 0 Å². The summed E-state index contributed by atoms with van der Waals surface area (Å²) in [6, 6.07) is 5.21. The van der Waals surface area contributed by atoms with Crippen molar-refractivity contribution >= 4 is 44.7 Å². The van der Waals surface area contributed by atoms with Crippen LogP contribution in [0, 0.1) is 5.82 Å². The molecule has 10 heteroatoms. The molecule has 1 atom stereocenters. The molecule has 27 heavy (non-hydrogen) atoms. The van der Waals surface area contributed by atoms with Crippen molar-refractivity contribution < 1.29 is 27.2 Å². The molecule has 0 saturated carbocycles. The van der Waals surface area contributed by atoms with Crippen molar-refractivity contribution in [2.45, 2.75) is 18.9 Å². The first-order valence-corrected chi connectivity index (χ1v) is 10.9. The zero-order chi connectivity index (χ0) is 19.6. The highest BCUT2D eigenvalue weighted by molar-refractivity contribution is 8.18. The van der Waals surface area contributed by atoms with Crippen LogP contribution in [0.2, 0.25) is 0 Å². The Kier molecular flexibility index (Phi) is 5.66. The van der Waals surface area contributed by atoms with Gasteiger partial charge in [0.1, 0.15) is 5.82 Å². The first-order valence-electron chi connectivity index (χ1n) is 8.24. The number of imide groups is 1. The first kappa shape index (κ1) is 19.6. The largest absolute Gasteiger partial charge is 0.352 e. The monoisotopic (exact) mass is 412 g/mol. The molecular weight excluding hydrogens is 395 g/mol. The number of hydrogen-bond acceptors (Lipinski definition) is 6. The molecular formula is C17H17FN2O5S2. The van der Waals surface area contributed by atoms with Gasteiger partial charge in [-0.1, -0.05) is 12.1 Å². The van der Waals surface area contributed by atoms with Gasteiger partial charge in [0.15, 0.2) is 9.84 Å². The summed E-state index contributed by atoms with van der Waals surface area (Å²) in [7, 11) is -3.10. The minimum absolute atomic E-state index is 0.0475. The highest BCUT2D eigenvalue weighted by Crippen LogP contribution is 2.32. The van der Waals surface area contributed by atoms with E-state index in [9.17, 15) is 27.2 Å². The molecule has 1 aromatic rings. The molecule has 2 fully saturated rings. The maximum atomic E-state index is 13.2. The molecule has 2 heterocycles. The number of carbonyl (C=O) groups excluding carboxylic acids is 3. The lowest BCUT2D eigenvalue weighted by molar-refractivity contribution is -0.124. The lowest BCUT2D eigenvalue weighted by Crippen LogP contribution is -2.38. The lowest BCUT2D eigenvalue weighted by atomic mass is 10.2. The number of nitrogens with one attached hydrogen (secondary N) is 1. The maximum Gasteiger partial charge on any atom is 0.293 e. The molecule has 0 aliphatic carbocycles. The Morgan fingerprint density at radius 3 is 2.81 bits per heavy atom. The fourth-order valence-electron chi connectivity index (χ4n) is 2.86. The van der Waals surface area contributed by atoms with Gasteiger partial charge in [0.05, 0.1) is 16.4 Å². The lowest BCUT2D eigenvalue weighted by Gasteiger charge is -2.14. The quantitative estimate of drug-likeness (QED) is 0.737. The average Bonchev–Trinajstić information content (AvgIpc) is 3.05. The molecule has 3 amide bonds. The fourth-order valence-corrected chi connectivity index (χ4v) is 5.40. The average molecular weight is 412 g/mol. The van der Waals surface area contributed by atoms with Gasteiger partial charge in [0.25, 0.3) is 11.1 Å². The molecule has 0 spiro atoms. The Labute approximate surface area is 159 Å². The summed E-state index contributed by atoms with van der Waals surface area (Å²) in [5.74, 6) is -1.44. The molecule has 0 aromatic heterocycles. The smallest absolute Gasteiger partial charge is 0.293 e. The van der Waals surface area contributed by atoms with Gasteiger partial charge in [-0.05, 0) is 42.0 Å². The van der Waals surface area contributed by atoms with Crippen LogP contribution in [0.1, 0.15) is 18.4 Å². The summed E-state index contributed by atoms with van der Waals surface area (Å²) in [6.07, 6.45) is 1.69. The third-order valence-corrected chi connectivity index (χ3v) is 6.86. The Morgan fingerprint density at radius 2 is 2.15 bits per heavy atom. The molecule has 1 unspecified atom stereocenters.